The number of ether oxygens (including phenoxy) is 1. The number of pyridine rings is 1. The van der Waals surface area contributed by atoms with Gasteiger partial charge in [-0.15, -0.1) is 0 Å². The van der Waals surface area contributed by atoms with Crippen molar-refractivity contribution in [2.24, 2.45) is 0 Å². The number of benzene rings is 1. The van der Waals surface area contributed by atoms with Gasteiger partial charge in [0.15, 0.2) is 5.82 Å². The molecule has 1 fully saturated rings. The number of morpholine rings is 1. The third-order valence-electron chi connectivity index (χ3n) is 4.66. The molecule has 8 nitrogen and oxygen atoms in total. The molecule has 0 radical (unpaired) electrons. The molecule has 0 spiro atoms. The highest BCUT2D eigenvalue weighted by atomic mass is 16.5. The van der Waals surface area contributed by atoms with E-state index in [-0.39, 0.29) is 6.10 Å². The maximum Gasteiger partial charge on any atom is 0.154 e. The number of nitriles is 1. The number of nitrogens with one attached hydrogen (secondary N) is 3. The van der Waals surface area contributed by atoms with Gasteiger partial charge in [0.25, 0.3) is 0 Å². The molecule has 1 aliphatic rings. The molecule has 0 saturated carbocycles. The van der Waals surface area contributed by atoms with E-state index in [1.165, 1.54) is 0 Å². The van der Waals surface area contributed by atoms with Gasteiger partial charge in [-0.05, 0) is 18.2 Å². The maximum absolute atomic E-state index is 9.41. The molecular formula is C20H21N7O. The van der Waals surface area contributed by atoms with Crippen molar-refractivity contribution in [2.75, 3.05) is 43.9 Å². The summed E-state index contributed by atoms with van der Waals surface area (Å²) in [6.45, 7) is 3.00. The first-order valence-electron chi connectivity index (χ1n) is 9.18. The molecule has 142 valence electrons. The van der Waals surface area contributed by atoms with Gasteiger partial charge in [-0.3, -0.25) is 4.98 Å². The van der Waals surface area contributed by atoms with E-state index in [2.05, 4.69) is 32.0 Å². The van der Waals surface area contributed by atoms with Crippen LogP contribution in [0.25, 0.3) is 22.3 Å². The lowest BCUT2D eigenvalue weighted by Crippen LogP contribution is -2.42. The molecule has 0 aliphatic carbocycles. The Morgan fingerprint density at radius 3 is 2.96 bits per heavy atom. The highest BCUT2D eigenvalue weighted by Crippen LogP contribution is 2.28. The number of rotatable bonds is 5. The molecule has 1 saturated heterocycles. The fourth-order valence-corrected chi connectivity index (χ4v) is 3.22. The zero-order valence-electron chi connectivity index (χ0n) is 15.6. The highest BCUT2D eigenvalue weighted by Gasteiger charge is 2.16. The molecule has 1 aromatic carbocycles. The molecule has 4 rings (SSSR count). The van der Waals surface area contributed by atoms with E-state index in [1.54, 1.807) is 19.4 Å². The van der Waals surface area contributed by atoms with Crippen LogP contribution in [0.3, 0.4) is 0 Å². The summed E-state index contributed by atoms with van der Waals surface area (Å²) in [7, 11) is 1.80. The van der Waals surface area contributed by atoms with Crippen molar-refractivity contribution in [3.63, 3.8) is 0 Å². The Hall–Kier alpha value is -3.28. The van der Waals surface area contributed by atoms with Crippen LogP contribution in [0.15, 0.2) is 36.7 Å². The van der Waals surface area contributed by atoms with E-state index in [0.717, 1.165) is 35.6 Å². The van der Waals surface area contributed by atoms with Gasteiger partial charge in [0.2, 0.25) is 0 Å². The topological polar surface area (TPSA) is 108 Å². The van der Waals surface area contributed by atoms with Crippen molar-refractivity contribution in [3.05, 3.63) is 42.2 Å². The standard InChI is InChI=1S/C20H21N7O/c1-22-16-3-2-13(8-14(16)10-21)17-9-18-19(25-5-4-24-18)20(27-17)26-12-15-11-23-6-7-28-15/h2-5,8-9,15,22-23H,6-7,11-12H2,1H3,(H,26,27)/t15-/m0/s1. The monoisotopic (exact) mass is 375 g/mol. The fourth-order valence-electron chi connectivity index (χ4n) is 3.22. The Labute approximate surface area is 163 Å². The first kappa shape index (κ1) is 18.1. The molecule has 8 heteroatoms. The van der Waals surface area contributed by atoms with Gasteiger partial charge < -0.3 is 20.7 Å². The number of hydrogen-bond donors (Lipinski definition) is 3. The van der Waals surface area contributed by atoms with E-state index in [4.69, 9.17) is 9.72 Å². The van der Waals surface area contributed by atoms with Gasteiger partial charge in [0, 0.05) is 44.6 Å². The molecule has 3 N–H and O–H groups in total. The van der Waals surface area contributed by atoms with Crippen LogP contribution in [0.4, 0.5) is 11.5 Å². The molecule has 2 aromatic heterocycles. The average molecular weight is 375 g/mol. The molecule has 28 heavy (non-hydrogen) atoms. The molecule has 0 unspecified atom stereocenters. The Kier molecular flexibility index (Phi) is 5.28. The Morgan fingerprint density at radius 1 is 1.29 bits per heavy atom. The van der Waals surface area contributed by atoms with Crippen LogP contribution >= 0.6 is 0 Å². The molecule has 3 heterocycles. The van der Waals surface area contributed by atoms with Crippen LogP contribution in [-0.2, 0) is 4.74 Å². The van der Waals surface area contributed by atoms with E-state index >= 15 is 0 Å². The summed E-state index contributed by atoms with van der Waals surface area (Å²) < 4.78 is 5.75. The summed E-state index contributed by atoms with van der Waals surface area (Å²) in [6, 6.07) is 9.76. The molecule has 0 amide bonds. The van der Waals surface area contributed by atoms with Crippen molar-refractivity contribution in [3.8, 4) is 17.3 Å². The number of aromatic nitrogens is 3. The van der Waals surface area contributed by atoms with Crippen molar-refractivity contribution in [2.45, 2.75) is 6.10 Å². The maximum atomic E-state index is 9.41. The number of fused-ring (bicyclic) bond motifs is 1. The van der Waals surface area contributed by atoms with Gasteiger partial charge in [0.1, 0.15) is 11.6 Å². The van der Waals surface area contributed by atoms with Crippen LogP contribution < -0.4 is 16.0 Å². The van der Waals surface area contributed by atoms with E-state index in [0.29, 0.717) is 30.0 Å². The summed E-state index contributed by atoms with van der Waals surface area (Å²) in [5.41, 5.74) is 4.39. The normalized spacial score (nSPS) is 16.5. The summed E-state index contributed by atoms with van der Waals surface area (Å²) in [4.78, 5) is 13.6. The Balaban J connectivity index is 1.70. The summed E-state index contributed by atoms with van der Waals surface area (Å²) in [6.07, 6.45) is 3.39. The first-order valence-corrected chi connectivity index (χ1v) is 9.18. The van der Waals surface area contributed by atoms with Gasteiger partial charge in [-0.25, -0.2) is 9.97 Å². The summed E-state index contributed by atoms with van der Waals surface area (Å²) >= 11 is 0. The van der Waals surface area contributed by atoms with Gasteiger partial charge >= 0.3 is 0 Å². The van der Waals surface area contributed by atoms with Crippen molar-refractivity contribution in [1.29, 1.82) is 5.26 Å². The molecular weight excluding hydrogens is 354 g/mol. The first-order chi connectivity index (χ1) is 13.8. The van der Waals surface area contributed by atoms with E-state index in [1.807, 2.05) is 24.3 Å². The van der Waals surface area contributed by atoms with Crippen molar-refractivity contribution < 1.29 is 4.74 Å². The van der Waals surface area contributed by atoms with Crippen LogP contribution in [0.1, 0.15) is 5.56 Å². The lowest BCUT2D eigenvalue weighted by molar-refractivity contribution is 0.0372. The Morgan fingerprint density at radius 2 is 2.18 bits per heavy atom. The van der Waals surface area contributed by atoms with Crippen LogP contribution in [0, 0.1) is 11.3 Å². The molecule has 1 atom stereocenters. The predicted molar refractivity (Wildman–Crippen MR) is 108 cm³/mol. The third kappa shape index (κ3) is 3.71. The van der Waals surface area contributed by atoms with Gasteiger partial charge in [0.05, 0.1) is 35.2 Å². The number of nitrogens with zero attached hydrogens (tertiary/aromatic N) is 4. The molecule has 0 bridgehead atoms. The van der Waals surface area contributed by atoms with Gasteiger partial charge in [-0.1, -0.05) is 6.07 Å². The minimum Gasteiger partial charge on any atom is -0.387 e. The summed E-state index contributed by atoms with van der Waals surface area (Å²) in [5, 5.41) is 19.1. The number of hydrogen-bond acceptors (Lipinski definition) is 8. The van der Waals surface area contributed by atoms with Gasteiger partial charge in [-0.2, -0.15) is 5.26 Å². The van der Waals surface area contributed by atoms with Crippen LogP contribution in [0.2, 0.25) is 0 Å². The van der Waals surface area contributed by atoms with Crippen LogP contribution in [0.5, 0.6) is 0 Å². The predicted octanol–water partition coefficient (Wildman–Crippen LogP) is 2.01. The number of anilines is 2. The zero-order chi connectivity index (χ0) is 19.3. The summed E-state index contributed by atoms with van der Waals surface area (Å²) in [5.74, 6) is 0.658. The SMILES string of the molecule is CNc1ccc(-c2cc3nccnc3c(NC[C@@H]3CNCCO3)n2)cc1C#N. The molecule has 3 aromatic rings. The van der Waals surface area contributed by atoms with Crippen molar-refractivity contribution in [1.82, 2.24) is 20.3 Å². The second-order valence-corrected chi connectivity index (χ2v) is 6.48. The zero-order valence-corrected chi connectivity index (χ0v) is 15.6. The third-order valence-corrected chi connectivity index (χ3v) is 4.66. The second-order valence-electron chi connectivity index (χ2n) is 6.48. The molecule has 1 aliphatic heterocycles. The average Bonchev–Trinajstić information content (AvgIpc) is 2.77. The largest absolute Gasteiger partial charge is 0.387 e. The van der Waals surface area contributed by atoms with Crippen LogP contribution in [-0.4, -0.2) is 54.3 Å². The quantitative estimate of drug-likeness (QED) is 0.622. The minimum absolute atomic E-state index is 0.0750. The second kappa shape index (κ2) is 8.17. The van der Waals surface area contributed by atoms with Crippen molar-refractivity contribution >= 4 is 22.5 Å². The Bertz CT molecular complexity index is 1020. The lowest BCUT2D eigenvalue weighted by Gasteiger charge is -2.24. The smallest absolute Gasteiger partial charge is 0.154 e. The fraction of sp³-hybridized carbons (Fsp3) is 0.300. The highest BCUT2D eigenvalue weighted by molar-refractivity contribution is 5.88. The van der Waals surface area contributed by atoms with E-state index in [9.17, 15) is 5.26 Å². The lowest BCUT2D eigenvalue weighted by atomic mass is 10.1. The van der Waals surface area contributed by atoms with E-state index < -0.39 is 0 Å². The minimum atomic E-state index is 0.0750.